The molecule has 2 aliphatic rings. The molecule has 1 saturated heterocycles. The number of carbonyl (C=O) groups excluding carboxylic acids is 3. The number of likely N-dealkylation sites (tertiary alicyclic amines) is 1. The lowest BCUT2D eigenvalue weighted by Crippen LogP contribution is -2.38. The fourth-order valence-corrected chi connectivity index (χ4v) is 5.46. The Labute approximate surface area is 195 Å². The molecule has 0 unspecified atom stereocenters. The summed E-state index contributed by atoms with van der Waals surface area (Å²) in [6.07, 6.45) is 3.18. The zero-order valence-electron chi connectivity index (χ0n) is 18.2. The maximum absolute atomic E-state index is 13.1. The van der Waals surface area contributed by atoms with E-state index in [0.717, 1.165) is 28.3 Å². The van der Waals surface area contributed by atoms with Crippen LogP contribution in [-0.2, 0) is 14.3 Å². The summed E-state index contributed by atoms with van der Waals surface area (Å²) in [6, 6.07) is 14.5. The Morgan fingerprint density at radius 2 is 1.82 bits per heavy atom. The second-order valence-electron chi connectivity index (χ2n) is 8.06. The van der Waals surface area contributed by atoms with E-state index in [2.05, 4.69) is 6.07 Å². The smallest absolute Gasteiger partial charge is 0.338 e. The van der Waals surface area contributed by atoms with Crippen molar-refractivity contribution in [1.29, 1.82) is 0 Å². The predicted molar refractivity (Wildman–Crippen MR) is 126 cm³/mol. The first-order chi connectivity index (χ1) is 16.0. The number of imide groups is 1. The van der Waals surface area contributed by atoms with Gasteiger partial charge in [-0.25, -0.2) is 14.7 Å². The van der Waals surface area contributed by atoms with Crippen molar-refractivity contribution in [2.45, 2.75) is 25.7 Å². The Hall–Kier alpha value is -3.52. The number of carbonyl (C=O) groups is 3. The highest BCUT2D eigenvalue weighted by molar-refractivity contribution is 7.18. The van der Waals surface area contributed by atoms with E-state index in [-0.39, 0.29) is 18.4 Å². The largest absolute Gasteiger partial charge is 0.462 e. The van der Waals surface area contributed by atoms with Gasteiger partial charge >= 0.3 is 5.97 Å². The van der Waals surface area contributed by atoms with Gasteiger partial charge in [-0.3, -0.25) is 9.59 Å². The second kappa shape index (κ2) is 8.78. The molecule has 0 saturated carbocycles. The van der Waals surface area contributed by atoms with E-state index in [9.17, 15) is 14.4 Å². The van der Waals surface area contributed by atoms with Crippen LogP contribution in [0, 0.1) is 0 Å². The minimum atomic E-state index is -0.432. The number of piperidine rings is 1. The Balaban J connectivity index is 1.25. The van der Waals surface area contributed by atoms with Gasteiger partial charge in [0.15, 0.2) is 0 Å². The molecule has 3 heterocycles. The Morgan fingerprint density at radius 3 is 2.52 bits per heavy atom. The summed E-state index contributed by atoms with van der Waals surface area (Å²) in [7, 11) is 0. The van der Waals surface area contributed by atoms with Crippen molar-refractivity contribution in [3.63, 3.8) is 0 Å². The number of rotatable bonds is 5. The first-order valence-corrected chi connectivity index (χ1v) is 11.8. The molecule has 2 aliphatic heterocycles. The molecule has 1 aromatic heterocycles. The zero-order chi connectivity index (χ0) is 22.9. The van der Waals surface area contributed by atoms with E-state index in [1.807, 2.05) is 23.1 Å². The van der Waals surface area contributed by atoms with Crippen LogP contribution in [0.4, 0.5) is 5.69 Å². The lowest BCUT2D eigenvalue weighted by Gasteiger charge is -2.33. The third-order valence-electron chi connectivity index (χ3n) is 6.03. The van der Waals surface area contributed by atoms with Crippen molar-refractivity contribution in [2.24, 2.45) is 0 Å². The summed E-state index contributed by atoms with van der Waals surface area (Å²) >= 11 is 1.74. The van der Waals surface area contributed by atoms with Crippen molar-refractivity contribution >= 4 is 45.0 Å². The molecule has 2 amide bonds. The number of para-hydroxylation sites is 1. The molecule has 0 aliphatic carbocycles. The summed E-state index contributed by atoms with van der Waals surface area (Å²) in [6.45, 7) is 3.41. The highest BCUT2D eigenvalue weighted by Crippen LogP contribution is 2.35. The average Bonchev–Trinajstić information content (AvgIpc) is 3.40. The van der Waals surface area contributed by atoms with E-state index in [1.165, 1.54) is 10.8 Å². The van der Waals surface area contributed by atoms with Crippen LogP contribution in [0.2, 0.25) is 0 Å². The summed E-state index contributed by atoms with van der Waals surface area (Å²) < 4.78 is 6.18. The van der Waals surface area contributed by atoms with Gasteiger partial charge in [0.05, 0.1) is 33.1 Å². The van der Waals surface area contributed by atoms with E-state index in [1.54, 1.807) is 42.5 Å². The number of anilines is 1. The number of hydrogen-bond acceptors (Lipinski definition) is 7. The zero-order valence-corrected chi connectivity index (χ0v) is 19.0. The summed E-state index contributed by atoms with van der Waals surface area (Å²) in [4.78, 5) is 45.5. The molecule has 1 fully saturated rings. The maximum Gasteiger partial charge on any atom is 0.338 e. The number of aromatic nitrogens is 1. The highest BCUT2D eigenvalue weighted by Gasteiger charge is 2.37. The molecule has 7 nitrogen and oxygen atoms in total. The molecule has 168 valence electrons. The number of nitrogens with zero attached hydrogens (tertiary/aromatic N) is 3. The number of esters is 1. The Kier molecular flexibility index (Phi) is 5.68. The number of thiazole rings is 1. The quantitative estimate of drug-likeness (QED) is 0.420. The van der Waals surface area contributed by atoms with E-state index >= 15 is 0 Å². The molecule has 0 bridgehead atoms. The second-order valence-corrected chi connectivity index (χ2v) is 9.12. The molecule has 5 rings (SSSR count). The minimum Gasteiger partial charge on any atom is -0.462 e. The number of benzene rings is 2. The molecule has 2 aromatic carbocycles. The Morgan fingerprint density at radius 1 is 1.09 bits per heavy atom. The topological polar surface area (TPSA) is 79.8 Å². The number of amides is 2. The van der Waals surface area contributed by atoms with Crippen LogP contribution in [0.25, 0.3) is 10.2 Å². The molecule has 0 atom stereocenters. The van der Waals surface area contributed by atoms with E-state index in [0.29, 0.717) is 36.0 Å². The third-order valence-corrected chi connectivity index (χ3v) is 7.23. The van der Waals surface area contributed by atoms with Gasteiger partial charge in [-0.1, -0.05) is 12.1 Å². The van der Waals surface area contributed by atoms with Crippen molar-refractivity contribution < 1.29 is 19.1 Å². The minimum absolute atomic E-state index is 0.284. The van der Waals surface area contributed by atoms with Gasteiger partial charge in [0, 0.05) is 25.1 Å². The van der Waals surface area contributed by atoms with E-state index in [4.69, 9.17) is 9.72 Å². The van der Waals surface area contributed by atoms with Gasteiger partial charge in [-0.2, -0.15) is 0 Å². The van der Waals surface area contributed by atoms with Crippen molar-refractivity contribution in [1.82, 2.24) is 9.88 Å². The van der Waals surface area contributed by atoms with E-state index < -0.39 is 5.97 Å². The van der Waals surface area contributed by atoms with Crippen molar-refractivity contribution in [3.8, 4) is 0 Å². The third kappa shape index (κ3) is 4.02. The number of fused-ring (bicyclic) bond motifs is 1. The van der Waals surface area contributed by atoms with Crippen LogP contribution in [-0.4, -0.2) is 47.4 Å². The number of ether oxygens (including phenoxy) is 1. The van der Waals surface area contributed by atoms with Gasteiger partial charge in [0.1, 0.15) is 5.70 Å². The molecule has 33 heavy (non-hydrogen) atoms. The van der Waals surface area contributed by atoms with Crippen LogP contribution in [0.1, 0.15) is 41.0 Å². The molecule has 3 aromatic rings. The predicted octanol–water partition coefficient (Wildman–Crippen LogP) is 4.11. The van der Waals surface area contributed by atoms with Crippen LogP contribution < -0.4 is 4.90 Å². The maximum atomic E-state index is 13.1. The molecule has 0 spiro atoms. The monoisotopic (exact) mass is 461 g/mol. The van der Waals surface area contributed by atoms with Crippen LogP contribution in [0.3, 0.4) is 0 Å². The summed E-state index contributed by atoms with van der Waals surface area (Å²) in [5.74, 6) is -0.773. The lowest BCUT2D eigenvalue weighted by molar-refractivity contribution is -0.121. The van der Waals surface area contributed by atoms with Gasteiger partial charge in [-0.05, 0) is 56.2 Å². The number of hydrogen-bond donors (Lipinski definition) is 0. The molecular formula is C25H23N3O4S. The summed E-state index contributed by atoms with van der Waals surface area (Å²) in [5, 5.41) is 1.14. The first-order valence-electron chi connectivity index (χ1n) is 11.0. The van der Waals surface area contributed by atoms with Crippen molar-refractivity contribution in [2.75, 3.05) is 24.6 Å². The first kappa shape index (κ1) is 21.3. The Bertz CT molecular complexity index is 1220. The normalized spacial score (nSPS) is 17.1. The van der Waals surface area contributed by atoms with Crippen molar-refractivity contribution in [3.05, 3.63) is 70.9 Å². The fourth-order valence-electron chi connectivity index (χ4n) is 4.32. The molecular weight excluding hydrogens is 438 g/mol. The lowest BCUT2D eigenvalue weighted by atomic mass is 9.97. The summed E-state index contributed by atoms with van der Waals surface area (Å²) in [5.41, 5.74) is 2.28. The van der Waals surface area contributed by atoms with Gasteiger partial charge in [-0.15, -0.1) is 11.3 Å². The standard InChI is InChI=1S/C25H23N3O4S/c1-2-32-25(31)17-7-9-18(10-8-17)28-22(29)15-20(24(28)30)27-13-11-16(12-14-27)23-26-19-5-3-4-6-21(19)33-23/h3-10,15-16H,2,11-14H2,1H3. The van der Waals surface area contributed by atoms with Crippen LogP contribution >= 0.6 is 11.3 Å². The molecule has 0 radical (unpaired) electrons. The van der Waals surface area contributed by atoms with Crippen LogP contribution in [0.15, 0.2) is 60.3 Å². The van der Waals surface area contributed by atoms with Crippen LogP contribution in [0.5, 0.6) is 0 Å². The average molecular weight is 462 g/mol. The SMILES string of the molecule is CCOC(=O)c1ccc(N2C(=O)C=C(N3CCC(c4nc5ccccc5s4)CC3)C2=O)cc1. The molecule has 0 N–H and O–H groups in total. The van der Waals surface area contributed by atoms with Gasteiger partial charge in [0.2, 0.25) is 0 Å². The van der Waals surface area contributed by atoms with Gasteiger partial charge in [0.25, 0.3) is 11.8 Å². The fraction of sp³-hybridized carbons (Fsp3) is 0.280. The molecule has 8 heteroatoms. The highest BCUT2D eigenvalue weighted by atomic mass is 32.1. The van der Waals surface area contributed by atoms with Gasteiger partial charge < -0.3 is 9.64 Å².